The second-order valence-corrected chi connectivity index (χ2v) is 8.22. The average molecular weight is 680 g/mol. The molecule has 0 spiro atoms. The van der Waals surface area contributed by atoms with Gasteiger partial charge < -0.3 is 10.1 Å². The number of halogens is 18. The molecule has 44 heavy (non-hydrogen) atoms. The first-order valence-electron chi connectivity index (χ1n) is 10.7. The molecule has 6 nitrogen and oxygen atoms in total. The summed E-state index contributed by atoms with van der Waals surface area (Å²) in [4.78, 5) is 17.1. The number of carbonyl (C=O) groups is 1. The molecule has 0 aliphatic rings. The fourth-order valence-electron chi connectivity index (χ4n) is 3.53. The van der Waals surface area contributed by atoms with Crippen molar-refractivity contribution in [3.05, 3.63) is 41.5 Å². The van der Waals surface area contributed by atoms with Crippen molar-refractivity contribution < 1.29 is 88.6 Å². The van der Waals surface area contributed by atoms with Gasteiger partial charge in [0.25, 0.3) is 0 Å². The topological polar surface area (TPSA) is 77.0 Å². The van der Waals surface area contributed by atoms with E-state index in [0.29, 0.717) is 24.3 Å². The maximum absolute atomic E-state index is 13.7. The Labute approximate surface area is 230 Å². The van der Waals surface area contributed by atoms with Crippen LogP contribution in [-0.2, 0) is 15.6 Å². The highest BCUT2D eigenvalue weighted by Crippen LogP contribution is 2.62. The number of ether oxygens (including phenoxy) is 1. The van der Waals surface area contributed by atoms with E-state index in [-0.39, 0.29) is 12.2 Å². The molecule has 2 aromatic rings. The minimum atomic E-state index is -7.79. The van der Waals surface area contributed by atoms with Crippen molar-refractivity contribution in [1.82, 2.24) is 15.0 Å². The van der Waals surface area contributed by atoms with Gasteiger partial charge in [-0.1, -0.05) is 0 Å². The predicted molar refractivity (Wildman–Crippen MR) is 105 cm³/mol. The Hall–Kier alpha value is -3.76. The Morgan fingerprint density at radius 3 is 1.18 bits per heavy atom. The van der Waals surface area contributed by atoms with Crippen molar-refractivity contribution in [3.8, 4) is 0 Å². The molecule has 0 amide bonds. The number of nitrogens with one attached hydrogen (secondary N) is 1. The number of benzene rings is 1. The van der Waals surface area contributed by atoms with Gasteiger partial charge in [0.15, 0.2) is 11.6 Å². The lowest BCUT2D eigenvalue weighted by Gasteiger charge is -2.39. The summed E-state index contributed by atoms with van der Waals surface area (Å²) in [5.74, 6) is -11.7. The van der Waals surface area contributed by atoms with Crippen molar-refractivity contribution in [2.24, 2.45) is 0 Å². The summed E-state index contributed by atoms with van der Waals surface area (Å²) in [6.07, 6.45) is -46.8. The van der Waals surface area contributed by atoms with Crippen molar-refractivity contribution >= 4 is 17.6 Å². The van der Waals surface area contributed by atoms with Gasteiger partial charge in [-0.15, -0.1) is 0 Å². The summed E-state index contributed by atoms with van der Waals surface area (Å²) >= 11 is 0. The van der Waals surface area contributed by atoms with Crippen LogP contribution in [0.3, 0.4) is 0 Å². The SMILES string of the molecule is CCOC(=O)c1ccc(Nc2nc(C(C(F)(F)F)(C(F)(F)F)C(F)(F)F)nc(C(C(F)(F)F)(C(F)(F)F)C(F)(F)F)n2)cc1. The van der Waals surface area contributed by atoms with Crippen LogP contribution in [0.5, 0.6) is 0 Å². The lowest BCUT2D eigenvalue weighted by atomic mass is 9.82. The summed E-state index contributed by atoms with van der Waals surface area (Å²) in [5, 5.41) is 1.32. The zero-order valence-corrected chi connectivity index (χ0v) is 20.5. The molecule has 0 bridgehead atoms. The number of aromatic nitrogens is 3. The number of nitrogens with zero attached hydrogens (tertiary/aromatic N) is 3. The van der Waals surface area contributed by atoms with E-state index in [1.807, 2.05) is 0 Å². The summed E-state index contributed by atoms with van der Waals surface area (Å²) in [6.45, 7) is 1.11. The quantitative estimate of drug-likeness (QED) is 0.250. The third kappa shape index (κ3) is 5.85. The van der Waals surface area contributed by atoms with Gasteiger partial charge in [0.1, 0.15) is 0 Å². The first-order valence-corrected chi connectivity index (χ1v) is 10.7. The van der Waals surface area contributed by atoms with Gasteiger partial charge in [0.2, 0.25) is 5.95 Å². The third-order valence-electron chi connectivity index (χ3n) is 5.51. The Morgan fingerprint density at radius 1 is 0.591 bits per heavy atom. The molecule has 1 aromatic carbocycles. The molecule has 24 heteroatoms. The van der Waals surface area contributed by atoms with E-state index in [0.717, 1.165) is 0 Å². The highest BCUT2D eigenvalue weighted by atomic mass is 19.4. The first kappa shape index (κ1) is 36.4. The number of anilines is 2. The minimum absolute atomic E-state index is 0.214. The first-order chi connectivity index (χ1) is 19.5. The molecule has 0 radical (unpaired) electrons. The fraction of sp³-hybridized carbons (Fsp3) is 0.500. The summed E-state index contributed by atoms with van der Waals surface area (Å²) < 4.78 is 250. The van der Waals surface area contributed by atoms with Crippen molar-refractivity contribution in [1.29, 1.82) is 0 Å². The van der Waals surface area contributed by atoms with Gasteiger partial charge in [-0.25, -0.2) is 9.78 Å². The molecule has 0 fully saturated rings. The number of hydrogen-bond acceptors (Lipinski definition) is 6. The van der Waals surface area contributed by atoms with Crippen LogP contribution in [0, 0.1) is 0 Å². The highest BCUT2D eigenvalue weighted by Gasteiger charge is 2.89. The lowest BCUT2D eigenvalue weighted by Crippen LogP contribution is -2.66. The smallest absolute Gasteiger partial charge is 0.419 e. The van der Waals surface area contributed by atoms with Gasteiger partial charge in [-0.2, -0.15) is 89.0 Å². The Balaban J connectivity index is 3.16. The van der Waals surface area contributed by atoms with Gasteiger partial charge in [0.05, 0.1) is 12.2 Å². The summed E-state index contributed by atoms with van der Waals surface area (Å²) in [7, 11) is 0. The zero-order chi connectivity index (χ0) is 34.5. The van der Waals surface area contributed by atoms with E-state index in [1.54, 1.807) is 0 Å². The van der Waals surface area contributed by atoms with Crippen LogP contribution in [0.15, 0.2) is 24.3 Å². The normalized spacial score (nSPS) is 14.4. The van der Waals surface area contributed by atoms with E-state index >= 15 is 0 Å². The van der Waals surface area contributed by atoms with Crippen LogP contribution in [0.4, 0.5) is 90.7 Å². The van der Waals surface area contributed by atoms with Crippen molar-refractivity contribution in [3.63, 3.8) is 0 Å². The molecule has 0 saturated carbocycles. The fourth-order valence-corrected chi connectivity index (χ4v) is 3.53. The molecular formula is C20H10F18N4O2. The van der Waals surface area contributed by atoms with Gasteiger partial charge in [-0.05, 0) is 31.2 Å². The molecule has 0 unspecified atom stereocenters. The lowest BCUT2D eigenvalue weighted by molar-refractivity contribution is -0.391. The highest BCUT2D eigenvalue weighted by molar-refractivity contribution is 5.89. The number of carbonyl (C=O) groups excluding carboxylic acids is 1. The van der Waals surface area contributed by atoms with Crippen LogP contribution < -0.4 is 5.32 Å². The minimum Gasteiger partial charge on any atom is -0.462 e. The van der Waals surface area contributed by atoms with E-state index in [2.05, 4.69) is 14.7 Å². The summed E-state index contributed by atoms with van der Waals surface area (Å²) in [5.41, 5.74) is -16.4. The second-order valence-electron chi connectivity index (χ2n) is 8.22. The standard InChI is InChI=1S/C20H10F18N4O2/c1-2-44-9(43)7-3-5-8(6-4-7)39-12-41-10(13(15(21,22)23,16(24,25)26)17(27,28)29)40-11(42-12)14(18(30,31)32,19(33,34)35)20(36,37)38/h3-6H,2H2,1H3,(H,39,40,41,42). The van der Waals surface area contributed by atoms with Crippen molar-refractivity contribution in [2.75, 3.05) is 11.9 Å². The molecule has 2 rings (SSSR count). The number of esters is 1. The molecule has 1 aromatic heterocycles. The van der Waals surface area contributed by atoms with Crippen LogP contribution in [-0.4, -0.2) is 64.6 Å². The maximum atomic E-state index is 13.7. The number of rotatable bonds is 6. The Kier molecular flexibility index (Phi) is 9.10. The Morgan fingerprint density at radius 2 is 0.909 bits per heavy atom. The molecule has 248 valence electrons. The van der Waals surface area contributed by atoms with Crippen LogP contribution in [0.1, 0.15) is 28.9 Å². The van der Waals surface area contributed by atoms with Gasteiger partial charge in [-0.3, -0.25) is 0 Å². The molecular weight excluding hydrogens is 670 g/mol. The third-order valence-corrected chi connectivity index (χ3v) is 5.51. The van der Waals surface area contributed by atoms with Crippen LogP contribution >= 0.6 is 0 Å². The monoisotopic (exact) mass is 680 g/mol. The largest absolute Gasteiger partial charge is 0.462 e. The second kappa shape index (κ2) is 11.0. The number of hydrogen-bond donors (Lipinski definition) is 1. The molecule has 0 atom stereocenters. The van der Waals surface area contributed by atoms with Gasteiger partial charge in [0, 0.05) is 5.69 Å². The average Bonchev–Trinajstić information content (AvgIpc) is 2.74. The van der Waals surface area contributed by atoms with Crippen LogP contribution in [0.2, 0.25) is 0 Å². The van der Waals surface area contributed by atoms with E-state index in [4.69, 9.17) is 0 Å². The van der Waals surface area contributed by atoms with E-state index in [9.17, 15) is 83.8 Å². The molecule has 1 N–H and O–H groups in total. The van der Waals surface area contributed by atoms with E-state index < -0.39 is 77.1 Å². The van der Waals surface area contributed by atoms with E-state index in [1.165, 1.54) is 17.2 Å². The maximum Gasteiger partial charge on any atom is 0.419 e. The van der Waals surface area contributed by atoms with Gasteiger partial charge >= 0.3 is 53.9 Å². The predicted octanol–water partition coefficient (Wildman–Crippen LogP) is 7.64. The summed E-state index contributed by atoms with van der Waals surface area (Å²) in [6, 6.07) is 2.48. The number of alkyl halides is 18. The molecule has 0 aliphatic carbocycles. The Bertz CT molecular complexity index is 1200. The van der Waals surface area contributed by atoms with Crippen molar-refractivity contribution in [2.45, 2.75) is 54.8 Å². The molecule has 0 saturated heterocycles. The molecule has 0 aliphatic heterocycles. The van der Waals surface area contributed by atoms with Crippen LogP contribution in [0.25, 0.3) is 0 Å². The zero-order valence-electron chi connectivity index (χ0n) is 20.5. The molecule has 1 heterocycles.